The van der Waals surface area contributed by atoms with Gasteiger partial charge in [-0.15, -0.1) is 0 Å². The van der Waals surface area contributed by atoms with E-state index in [9.17, 15) is 19.2 Å². The highest BCUT2D eigenvalue weighted by atomic mass is 35.5. The van der Waals surface area contributed by atoms with Gasteiger partial charge in [0.15, 0.2) is 11.6 Å². The number of nitrogens with zero attached hydrogens (tertiary/aromatic N) is 4. The molecule has 0 atom stereocenters. The number of aryl methyl sites for hydroxylation is 4. The summed E-state index contributed by atoms with van der Waals surface area (Å²) in [5.41, 5.74) is 3.26. The zero-order valence-electron chi connectivity index (χ0n) is 33.9. The summed E-state index contributed by atoms with van der Waals surface area (Å²) in [6, 6.07) is 39.9. The lowest BCUT2D eigenvalue weighted by Gasteiger charge is -2.12. The molecule has 0 unspecified atom stereocenters. The van der Waals surface area contributed by atoms with Gasteiger partial charge in [0.25, 0.3) is 0 Å². The summed E-state index contributed by atoms with van der Waals surface area (Å²) in [4.78, 5) is 75.4. The van der Waals surface area contributed by atoms with Crippen LogP contribution in [0.15, 0.2) is 146 Å². The van der Waals surface area contributed by atoms with Gasteiger partial charge in [0.05, 0.1) is 56.0 Å². The van der Waals surface area contributed by atoms with Gasteiger partial charge in [0, 0.05) is 21.2 Å². The first-order valence-electron chi connectivity index (χ1n) is 19.3. The summed E-state index contributed by atoms with van der Waals surface area (Å²) in [7, 11) is 0. The Morgan fingerprint density at radius 3 is 1.00 bits per heavy atom. The SMILES string of the molecule is Cc1nc2ccccc2nc(C)c(C(=O)Oc2ccc(Cl)cc2C(=O)c2ccccc2)c(C)nc2ccccc2nc(C)c1C(=O)Oc1ccc(Cl)cc1C(=O)c1ccccc1. The fraction of sp³-hybridized carbons (Fsp3) is 0.0800. The molecular formula is C50H36Cl2N4O6. The lowest BCUT2D eigenvalue weighted by Crippen LogP contribution is -2.16. The van der Waals surface area contributed by atoms with Crippen molar-refractivity contribution in [3.63, 3.8) is 0 Å². The molecule has 0 bridgehead atoms. The van der Waals surface area contributed by atoms with E-state index in [-0.39, 0.29) is 78.1 Å². The number of benzene rings is 6. The largest absolute Gasteiger partial charge is 0.422 e. The summed E-state index contributed by atoms with van der Waals surface area (Å²) in [5, 5.41) is 0.568. The van der Waals surface area contributed by atoms with Crippen molar-refractivity contribution in [2.45, 2.75) is 27.7 Å². The summed E-state index contributed by atoms with van der Waals surface area (Å²) in [6.07, 6.45) is 0. The zero-order chi connectivity index (χ0) is 43.9. The van der Waals surface area contributed by atoms with Gasteiger partial charge in [-0.1, -0.05) is 108 Å². The van der Waals surface area contributed by atoms with Crippen LogP contribution < -0.4 is 9.47 Å². The molecule has 0 N–H and O–H groups in total. The highest BCUT2D eigenvalue weighted by Gasteiger charge is 2.23. The second-order valence-corrected chi connectivity index (χ2v) is 14.8. The number of ether oxygens (including phenoxy) is 2. The predicted molar refractivity (Wildman–Crippen MR) is 239 cm³/mol. The number of ketones is 2. The van der Waals surface area contributed by atoms with Crippen molar-refractivity contribution < 1.29 is 28.7 Å². The lowest BCUT2D eigenvalue weighted by molar-refractivity contribution is 0.0719. The van der Waals surface area contributed by atoms with Crippen molar-refractivity contribution in [1.82, 2.24) is 19.9 Å². The molecule has 7 rings (SSSR count). The van der Waals surface area contributed by atoms with Crippen molar-refractivity contribution >= 4 is 68.8 Å². The van der Waals surface area contributed by atoms with Crippen molar-refractivity contribution in [1.29, 1.82) is 0 Å². The van der Waals surface area contributed by atoms with E-state index in [0.29, 0.717) is 33.2 Å². The number of aromatic nitrogens is 4. The molecule has 0 aliphatic carbocycles. The Balaban J connectivity index is 1.41. The van der Waals surface area contributed by atoms with E-state index >= 15 is 0 Å². The van der Waals surface area contributed by atoms with Gasteiger partial charge >= 0.3 is 11.9 Å². The average molecular weight is 860 g/mol. The minimum absolute atomic E-state index is 0.00730. The molecule has 0 fully saturated rings. The van der Waals surface area contributed by atoms with Crippen LogP contribution in [0.5, 0.6) is 11.5 Å². The molecule has 62 heavy (non-hydrogen) atoms. The van der Waals surface area contributed by atoms with Crippen molar-refractivity contribution in [2.24, 2.45) is 0 Å². The number of hydrogen-bond donors (Lipinski definition) is 0. The molecule has 0 aliphatic heterocycles. The molecule has 0 radical (unpaired) electrons. The van der Waals surface area contributed by atoms with Crippen molar-refractivity contribution in [2.75, 3.05) is 0 Å². The maximum Gasteiger partial charge on any atom is 0.347 e. The van der Waals surface area contributed by atoms with Gasteiger partial charge in [-0.25, -0.2) is 9.59 Å². The van der Waals surface area contributed by atoms with Crippen LogP contribution in [0.2, 0.25) is 10.0 Å². The molecule has 0 aliphatic rings. The number of carbonyl (C=O) groups is 4. The molecule has 1 heterocycles. The second kappa shape index (κ2) is 18.9. The van der Waals surface area contributed by atoms with Crippen LogP contribution in [0.4, 0.5) is 0 Å². The average Bonchev–Trinajstić information content (AvgIpc) is 3.26. The monoisotopic (exact) mass is 858 g/mol. The van der Waals surface area contributed by atoms with E-state index < -0.39 is 11.9 Å². The highest BCUT2D eigenvalue weighted by Crippen LogP contribution is 2.29. The van der Waals surface area contributed by atoms with Crippen LogP contribution in [0.1, 0.15) is 75.3 Å². The van der Waals surface area contributed by atoms with Gasteiger partial charge in [-0.2, -0.15) is 0 Å². The number of esters is 2. The van der Waals surface area contributed by atoms with Gasteiger partial charge < -0.3 is 9.47 Å². The Morgan fingerprint density at radius 1 is 0.403 bits per heavy atom. The van der Waals surface area contributed by atoms with Crippen molar-refractivity contribution in [3.8, 4) is 11.5 Å². The number of rotatable bonds is 8. The Bertz CT molecular complexity index is 2770. The van der Waals surface area contributed by atoms with E-state index in [0.717, 1.165) is 0 Å². The summed E-state index contributed by atoms with van der Waals surface area (Å²) >= 11 is 12.7. The van der Waals surface area contributed by atoms with Crippen molar-refractivity contribution in [3.05, 3.63) is 212 Å². The van der Waals surface area contributed by atoms with Gasteiger partial charge in [0.2, 0.25) is 0 Å². The number of halogens is 2. The molecule has 0 saturated carbocycles. The molecule has 12 heteroatoms. The molecule has 0 amide bonds. The molecular weight excluding hydrogens is 823 g/mol. The fourth-order valence-electron chi connectivity index (χ4n) is 6.70. The van der Waals surface area contributed by atoms with E-state index in [2.05, 4.69) is 0 Å². The first kappa shape index (κ1) is 42.7. The standard InChI is InChI=1S/C50H36Cl2N4O6/c1-29-45(49(59)61-43-25-23-35(51)27-37(43)47(57)33-15-7-5-8-16-33)30(2)54-41-21-13-14-22-42(41)56-32(4)46(31(3)55-40-20-12-11-19-39(40)53-29)50(60)62-44-26-24-36(52)28-38(44)48(58)34-17-9-6-10-18-34/h5-28H,1-4H3. The highest BCUT2D eigenvalue weighted by molar-refractivity contribution is 6.31. The minimum Gasteiger partial charge on any atom is -0.422 e. The topological polar surface area (TPSA) is 138 Å². The van der Waals surface area contributed by atoms with Crippen LogP contribution in [0.25, 0.3) is 22.1 Å². The predicted octanol–water partition coefficient (Wildman–Crippen LogP) is 11.3. The summed E-state index contributed by atoms with van der Waals surface area (Å²) in [5.74, 6) is -2.45. The molecule has 0 saturated heterocycles. The lowest BCUT2D eigenvalue weighted by atomic mass is 10.0. The van der Waals surface area contributed by atoms with Crippen LogP contribution >= 0.6 is 23.2 Å². The Morgan fingerprint density at radius 2 is 0.694 bits per heavy atom. The van der Waals surface area contributed by atoms with Gasteiger partial charge in [-0.05, 0) is 88.4 Å². The normalized spacial score (nSPS) is 10.7. The maximum absolute atomic E-state index is 14.4. The Labute approximate surface area is 366 Å². The van der Waals surface area contributed by atoms with Crippen LogP contribution in [-0.2, 0) is 0 Å². The second-order valence-electron chi connectivity index (χ2n) is 14.0. The molecule has 1 aromatic heterocycles. The third-order valence-corrected chi connectivity index (χ3v) is 10.1. The number of fused-ring (bicyclic) bond motifs is 2. The summed E-state index contributed by atoms with van der Waals surface area (Å²) in [6.45, 7) is 6.54. The van der Waals surface area contributed by atoms with E-state index in [1.54, 1.807) is 137 Å². The fourth-order valence-corrected chi connectivity index (χ4v) is 7.04. The molecule has 7 aromatic rings. The van der Waals surface area contributed by atoms with E-state index in [4.69, 9.17) is 52.6 Å². The molecule has 6 aromatic carbocycles. The van der Waals surface area contributed by atoms with Gasteiger partial charge in [0.1, 0.15) is 22.6 Å². The minimum atomic E-state index is -0.830. The summed E-state index contributed by atoms with van der Waals surface area (Å²) < 4.78 is 12.0. The quantitative estimate of drug-likeness (QED) is 0.0824. The third kappa shape index (κ3) is 9.63. The first-order valence-corrected chi connectivity index (χ1v) is 20.0. The first-order chi connectivity index (χ1) is 29.9. The van der Waals surface area contributed by atoms with E-state index in [1.807, 2.05) is 0 Å². The van der Waals surface area contributed by atoms with Crippen LogP contribution in [-0.4, -0.2) is 43.4 Å². The van der Waals surface area contributed by atoms with Gasteiger partial charge in [-0.3, -0.25) is 29.5 Å². The Hall–Kier alpha value is -7.40. The van der Waals surface area contributed by atoms with Crippen LogP contribution in [0, 0.1) is 27.7 Å². The smallest absolute Gasteiger partial charge is 0.347 e. The third-order valence-electron chi connectivity index (χ3n) is 9.62. The molecule has 10 nitrogen and oxygen atoms in total. The van der Waals surface area contributed by atoms with E-state index in [1.165, 1.54) is 36.4 Å². The Kier molecular flexibility index (Phi) is 13.0. The number of hydrogen-bond acceptors (Lipinski definition) is 10. The van der Waals surface area contributed by atoms with Crippen LogP contribution in [0.3, 0.4) is 0 Å². The zero-order valence-corrected chi connectivity index (χ0v) is 35.4. The molecule has 306 valence electrons. The maximum atomic E-state index is 14.4. The molecule has 0 spiro atoms. The number of para-hydroxylation sites is 4. The number of carbonyl (C=O) groups excluding carboxylic acids is 4.